The molecular weight excluding hydrogens is 766 g/mol. The molecular formula is C34H36F6N6O8S. The molecule has 0 aromatic heterocycles. The second-order valence-electron chi connectivity index (χ2n) is 15.1. The number of hydrogen-bond acceptors (Lipinski definition) is 10. The number of likely N-dealkylation sites (tertiary alicyclic amines) is 2. The summed E-state index contributed by atoms with van der Waals surface area (Å²) >= 11 is 0. The smallest absolute Gasteiger partial charge is 0.391 e. The lowest BCUT2D eigenvalue weighted by Crippen LogP contribution is -2.53. The van der Waals surface area contributed by atoms with E-state index in [0.717, 1.165) is 9.80 Å². The van der Waals surface area contributed by atoms with E-state index in [4.69, 9.17) is 9.44 Å². The molecule has 6 fully saturated rings. The summed E-state index contributed by atoms with van der Waals surface area (Å²) < 4.78 is 110. The summed E-state index contributed by atoms with van der Waals surface area (Å²) in [5, 5.41) is 32.9. The summed E-state index contributed by atoms with van der Waals surface area (Å²) in [6.45, 7) is -0.783. The number of nitriles is 2. The quantitative estimate of drug-likeness (QED) is 0.245. The van der Waals surface area contributed by atoms with Gasteiger partial charge in [-0.15, -0.1) is 0 Å². The van der Waals surface area contributed by atoms with Crippen molar-refractivity contribution in [2.75, 3.05) is 13.1 Å². The Bertz CT molecular complexity index is 1930. The van der Waals surface area contributed by atoms with Gasteiger partial charge >= 0.3 is 12.4 Å². The normalized spacial score (nSPS) is 27.7. The van der Waals surface area contributed by atoms with E-state index in [1.165, 1.54) is 24.3 Å². The Balaban J connectivity index is 0.000000197. The van der Waals surface area contributed by atoms with E-state index < -0.39 is 112 Å². The number of amides is 4. The highest BCUT2D eigenvalue weighted by molar-refractivity contribution is 7.86. The Labute approximate surface area is 310 Å². The van der Waals surface area contributed by atoms with Gasteiger partial charge in [0, 0.05) is 25.9 Å². The van der Waals surface area contributed by atoms with Gasteiger partial charge in [0.15, 0.2) is 0 Å². The summed E-state index contributed by atoms with van der Waals surface area (Å²) in [5.74, 6) is -3.89. The second-order valence-corrected chi connectivity index (χ2v) is 16.7. The zero-order valence-corrected chi connectivity index (χ0v) is 29.8. The number of carbonyl (C=O) groups excluding carboxylic acids is 4. The van der Waals surface area contributed by atoms with Crippen molar-refractivity contribution in [2.24, 2.45) is 10.8 Å². The topological polar surface area (TPSA) is 210 Å². The molecule has 298 valence electrons. The Hall–Kier alpha value is -4.47. The van der Waals surface area contributed by atoms with Crippen molar-refractivity contribution in [1.82, 2.24) is 20.4 Å². The van der Waals surface area contributed by atoms with Gasteiger partial charge in [-0.2, -0.15) is 45.3 Å². The van der Waals surface area contributed by atoms with Crippen LogP contribution in [0.4, 0.5) is 26.3 Å². The first-order valence-corrected chi connectivity index (χ1v) is 18.9. The number of hydrogen-bond donors (Lipinski definition) is 3. The summed E-state index contributed by atoms with van der Waals surface area (Å²) in [5.41, 5.74) is -7.05. The number of aliphatic hydroxyl groups is 1. The maximum Gasteiger partial charge on any atom is 0.403 e. The first-order valence-electron chi connectivity index (χ1n) is 17.5. The molecule has 2 saturated heterocycles. The van der Waals surface area contributed by atoms with Crippen LogP contribution in [-0.4, -0.2) is 108 Å². The molecule has 14 nitrogen and oxygen atoms in total. The van der Waals surface area contributed by atoms with E-state index in [0.29, 0.717) is 25.7 Å². The molecule has 4 amide bonds. The first-order chi connectivity index (χ1) is 25.6. The molecule has 3 N–H and O–H groups in total. The van der Waals surface area contributed by atoms with E-state index in [9.17, 15) is 64.3 Å². The molecule has 1 aromatic carbocycles. The highest BCUT2D eigenvalue weighted by Gasteiger charge is 2.71. The SMILES string of the molecule is N#CC1(NC(=O)[C@@H]2C[C@H](O)CN2C(=O)C2(C(F)(F)F)CC2)CC1.N#CC1(NC(=O)[C@@H]2C[C@H](OS(=O)(=O)c3ccccc3)CN2C(=O)C2(C(F)(F)F)CC2)CC1. The summed E-state index contributed by atoms with van der Waals surface area (Å²) in [6, 6.07) is 8.52. The number of aliphatic hydroxyl groups excluding tert-OH is 1. The van der Waals surface area contributed by atoms with Gasteiger partial charge in [-0.1, -0.05) is 18.2 Å². The maximum atomic E-state index is 13.5. The summed E-state index contributed by atoms with van der Waals surface area (Å²) in [4.78, 5) is 51.7. The molecule has 2 aliphatic heterocycles. The van der Waals surface area contributed by atoms with E-state index in [1.54, 1.807) is 6.07 Å². The Morgan fingerprint density at radius 1 is 0.727 bits per heavy atom. The number of nitrogens with one attached hydrogen (secondary N) is 2. The number of nitrogens with zero attached hydrogens (tertiary/aromatic N) is 4. The third-order valence-corrected chi connectivity index (χ3v) is 12.4. The standard InChI is InChI=1S/C20H20F3N3O5S.C14H16F3N3O3/c21-20(22,23)19(8-9-19)17(28)26-11-13(31-32(29,30)14-4-2-1-3-5-14)10-15(26)16(27)25-18(12-24)6-7-18;15-14(16,17)13(3-4-13)11(23)20-6-8(21)5-9(20)10(22)19-12(7-18)1-2-12/h1-5,13,15H,6-11H2,(H,25,27);8-9,21H,1-6H2,(H,19,22)/t13-,15-;8-,9-/m00/s1. The van der Waals surface area contributed by atoms with Gasteiger partial charge in [-0.3, -0.25) is 23.4 Å². The summed E-state index contributed by atoms with van der Waals surface area (Å²) in [7, 11) is -4.26. The third kappa shape index (κ3) is 7.70. The van der Waals surface area contributed by atoms with Gasteiger partial charge in [0.25, 0.3) is 10.1 Å². The molecule has 1 aromatic rings. The second kappa shape index (κ2) is 13.6. The van der Waals surface area contributed by atoms with Crippen LogP contribution in [0.15, 0.2) is 35.2 Å². The highest BCUT2D eigenvalue weighted by atomic mass is 32.2. The van der Waals surface area contributed by atoms with Crippen molar-refractivity contribution < 1.29 is 63.2 Å². The van der Waals surface area contributed by atoms with Gasteiger partial charge < -0.3 is 25.5 Å². The van der Waals surface area contributed by atoms with Gasteiger partial charge in [0.1, 0.15) is 34.0 Å². The molecule has 0 spiro atoms. The molecule has 7 rings (SSSR count). The number of carbonyl (C=O) groups is 4. The number of halogens is 6. The fourth-order valence-electron chi connectivity index (χ4n) is 6.90. The third-order valence-electron chi connectivity index (χ3n) is 11.0. The van der Waals surface area contributed by atoms with Crippen LogP contribution >= 0.6 is 0 Å². The van der Waals surface area contributed by atoms with Crippen molar-refractivity contribution in [1.29, 1.82) is 10.5 Å². The van der Waals surface area contributed by atoms with E-state index >= 15 is 0 Å². The monoisotopic (exact) mass is 802 g/mol. The molecule has 55 heavy (non-hydrogen) atoms. The molecule has 4 aliphatic carbocycles. The van der Waals surface area contributed by atoms with Crippen LogP contribution in [0, 0.1) is 33.5 Å². The molecule has 0 bridgehead atoms. The molecule has 21 heteroatoms. The zero-order valence-electron chi connectivity index (χ0n) is 29.0. The van der Waals surface area contributed by atoms with Gasteiger partial charge in [-0.25, -0.2) is 0 Å². The Morgan fingerprint density at radius 3 is 1.53 bits per heavy atom. The van der Waals surface area contributed by atoms with Crippen LogP contribution in [0.25, 0.3) is 0 Å². The highest BCUT2D eigenvalue weighted by Crippen LogP contribution is 2.60. The predicted molar refractivity (Wildman–Crippen MR) is 172 cm³/mol. The van der Waals surface area contributed by atoms with E-state index in [1.807, 2.05) is 12.1 Å². The minimum absolute atomic E-state index is 0.118. The molecule has 0 unspecified atom stereocenters. The Kier molecular flexibility index (Phi) is 9.96. The lowest BCUT2D eigenvalue weighted by molar-refractivity contribution is -0.200. The van der Waals surface area contributed by atoms with Crippen molar-refractivity contribution in [2.45, 2.75) is 117 Å². The number of β-amino-alcohol motifs (C(OH)–C–C–N with tert-alkyl or cyclic N) is 1. The lowest BCUT2D eigenvalue weighted by Gasteiger charge is -2.29. The van der Waals surface area contributed by atoms with Crippen molar-refractivity contribution in [3.63, 3.8) is 0 Å². The van der Waals surface area contributed by atoms with Crippen LogP contribution in [0.1, 0.15) is 64.2 Å². The average Bonchev–Trinajstić information content (AvgIpc) is 3.94. The maximum absolute atomic E-state index is 13.5. The van der Waals surface area contributed by atoms with Gasteiger partial charge in [0.2, 0.25) is 23.6 Å². The fraction of sp³-hybridized carbons (Fsp3) is 0.647. The van der Waals surface area contributed by atoms with Crippen LogP contribution < -0.4 is 10.6 Å². The molecule has 4 saturated carbocycles. The zero-order chi connectivity index (χ0) is 40.4. The largest absolute Gasteiger partial charge is 0.403 e. The van der Waals surface area contributed by atoms with Crippen molar-refractivity contribution >= 4 is 33.7 Å². The summed E-state index contributed by atoms with van der Waals surface area (Å²) in [6.07, 6.45) is -11.8. The molecule has 4 atom stereocenters. The average molecular weight is 803 g/mol. The van der Waals surface area contributed by atoms with Gasteiger partial charge in [-0.05, 0) is 63.5 Å². The minimum Gasteiger partial charge on any atom is -0.391 e. The fourth-order valence-corrected chi connectivity index (χ4v) is 8.00. The lowest BCUT2D eigenvalue weighted by atomic mass is 10.0. The van der Waals surface area contributed by atoms with Crippen LogP contribution in [0.5, 0.6) is 0 Å². The van der Waals surface area contributed by atoms with E-state index in [-0.39, 0.29) is 37.1 Å². The van der Waals surface area contributed by atoms with Crippen LogP contribution in [-0.2, 0) is 33.5 Å². The van der Waals surface area contributed by atoms with Gasteiger partial charge in [0.05, 0.1) is 29.2 Å². The van der Waals surface area contributed by atoms with Crippen LogP contribution in [0.2, 0.25) is 0 Å². The van der Waals surface area contributed by atoms with E-state index in [2.05, 4.69) is 10.6 Å². The Morgan fingerprint density at radius 2 is 1.15 bits per heavy atom. The van der Waals surface area contributed by atoms with Crippen molar-refractivity contribution in [3.05, 3.63) is 30.3 Å². The number of rotatable bonds is 9. The first kappa shape index (κ1) is 40.2. The molecule has 2 heterocycles. The molecule has 6 aliphatic rings. The minimum atomic E-state index is -4.79. The van der Waals surface area contributed by atoms with Crippen molar-refractivity contribution in [3.8, 4) is 12.1 Å². The molecule has 0 radical (unpaired) electrons. The number of alkyl halides is 6. The predicted octanol–water partition coefficient (Wildman–Crippen LogP) is 2.34. The van der Waals surface area contributed by atoms with Crippen LogP contribution in [0.3, 0.4) is 0 Å². The number of benzene rings is 1.